The van der Waals surface area contributed by atoms with E-state index in [-0.39, 0.29) is 18.9 Å². The summed E-state index contributed by atoms with van der Waals surface area (Å²) in [7, 11) is 1.27. The van der Waals surface area contributed by atoms with Crippen molar-refractivity contribution in [1.82, 2.24) is 14.7 Å². The lowest BCUT2D eigenvalue weighted by atomic mass is 10.2. The van der Waals surface area contributed by atoms with Gasteiger partial charge in [-0.05, 0) is 19.9 Å². The SMILES string of the molecule is CCn1nc(C)cc1C(=O)N1CC(O)CC1C(=O)OC. The van der Waals surface area contributed by atoms with Crippen LogP contribution in [0.5, 0.6) is 0 Å². The average molecular weight is 281 g/mol. The lowest BCUT2D eigenvalue weighted by Crippen LogP contribution is -2.42. The van der Waals surface area contributed by atoms with Crippen LogP contribution in [0.1, 0.15) is 29.5 Å². The Balaban J connectivity index is 2.28. The zero-order valence-electron chi connectivity index (χ0n) is 11.9. The number of hydrogen-bond donors (Lipinski definition) is 1. The van der Waals surface area contributed by atoms with E-state index in [1.165, 1.54) is 12.0 Å². The number of amides is 1. The van der Waals surface area contributed by atoms with E-state index in [0.717, 1.165) is 5.69 Å². The number of hydrogen-bond acceptors (Lipinski definition) is 5. The molecule has 1 amide bonds. The summed E-state index contributed by atoms with van der Waals surface area (Å²) in [6, 6.07) is 0.952. The molecule has 1 fully saturated rings. The normalized spacial score (nSPS) is 22.1. The second-order valence-corrected chi connectivity index (χ2v) is 4.87. The van der Waals surface area contributed by atoms with Gasteiger partial charge in [0.15, 0.2) is 0 Å². The fraction of sp³-hybridized carbons (Fsp3) is 0.615. The number of aromatic nitrogens is 2. The first-order valence-corrected chi connectivity index (χ1v) is 6.59. The number of nitrogens with zero attached hydrogens (tertiary/aromatic N) is 3. The lowest BCUT2D eigenvalue weighted by Gasteiger charge is -2.22. The van der Waals surface area contributed by atoms with Gasteiger partial charge in [0.1, 0.15) is 11.7 Å². The van der Waals surface area contributed by atoms with Gasteiger partial charge >= 0.3 is 5.97 Å². The summed E-state index contributed by atoms with van der Waals surface area (Å²) in [6.45, 7) is 4.39. The van der Waals surface area contributed by atoms with E-state index in [1.54, 1.807) is 17.7 Å². The van der Waals surface area contributed by atoms with E-state index in [0.29, 0.717) is 12.2 Å². The molecule has 1 aliphatic rings. The number of carbonyl (C=O) groups is 2. The molecule has 1 saturated heterocycles. The largest absolute Gasteiger partial charge is 0.467 e. The number of esters is 1. The summed E-state index contributed by atoms with van der Waals surface area (Å²) >= 11 is 0. The van der Waals surface area contributed by atoms with Gasteiger partial charge in [0.05, 0.1) is 18.9 Å². The molecule has 7 nitrogen and oxygen atoms in total. The number of rotatable bonds is 3. The van der Waals surface area contributed by atoms with Crippen LogP contribution in [0, 0.1) is 6.92 Å². The molecule has 1 aromatic heterocycles. The van der Waals surface area contributed by atoms with E-state index in [4.69, 9.17) is 4.74 Å². The summed E-state index contributed by atoms with van der Waals surface area (Å²) < 4.78 is 6.29. The first kappa shape index (κ1) is 14.5. The van der Waals surface area contributed by atoms with Gasteiger partial charge < -0.3 is 14.7 Å². The Morgan fingerprint density at radius 1 is 1.55 bits per heavy atom. The third kappa shape index (κ3) is 2.53. The monoisotopic (exact) mass is 281 g/mol. The molecule has 2 unspecified atom stereocenters. The van der Waals surface area contributed by atoms with E-state index >= 15 is 0 Å². The van der Waals surface area contributed by atoms with E-state index in [9.17, 15) is 14.7 Å². The molecule has 0 saturated carbocycles. The Morgan fingerprint density at radius 2 is 2.25 bits per heavy atom. The molecule has 0 spiro atoms. The number of likely N-dealkylation sites (tertiary alicyclic amines) is 1. The molecule has 1 aliphatic heterocycles. The molecular formula is C13H19N3O4. The highest BCUT2D eigenvalue weighted by molar-refractivity contribution is 5.96. The van der Waals surface area contributed by atoms with Crippen molar-refractivity contribution in [2.75, 3.05) is 13.7 Å². The van der Waals surface area contributed by atoms with Crippen LogP contribution in [0.2, 0.25) is 0 Å². The van der Waals surface area contributed by atoms with E-state index in [1.807, 2.05) is 6.92 Å². The minimum atomic E-state index is -0.733. The first-order chi connectivity index (χ1) is 9.47. The molecule has 2 heterocycles. The highest BCUT2D eigenvalue weighted by Gasteiger charge is 2.40. The minimum absolute atomic E-state index is 0.131. The van der Waals surface area contributed by atoms with Crippen LogP contribution < -0.4 is 0 Å². The summed E-state index contributed by atoms with van der Waals surface area (Å²) in [5.41, 5.74) is 1.16. The van der Waals surface area contributed by atoms with Crippen LogP contribution in [0.25, 0.3) is 0 Å². The molecule has 2 atom stereocenters. The molecule has 0 aromatic carbocycles. The molecule has 0 bridgehead atoms. The Kier molecular flexibility index (Phi) is 4.08. The van der Waals surface area contributed by atoms with Gasteiger partial charge in [0, 0.05) is 19.5 Å². The Labute approximate surface area is 117 Å². The molecule has 1 aromatic rings. The summed E-state index contributed by atoms with van der Waals surface area (Å²) in [5.74, 6) is -0.811. The van der Waals surface area contributed by atoms with Gasteiger partial charge in [-0.1, -0.05) is 0 Å². The van der Waals surface area contributed by atoms with Gasteiger partial charge in [0.25, 0.3) is 5.91 Å². The molecule has 2 rings (SSSR count). The lowest BCUT2D eigenvalue weighted by molar-refractivity contribution is -0.145. The first-order valence-electron chi connectivity index (χ1n) is 6.59. The number of aliphatic hydroxyl groups excluding tert-OH is 1. The number of aryl methyl sites for hydroxylation is 2. The predicted octanol–water partition coefficient (Wildman–Crippen LogP) is -0.0402. The molecule has 0 aliphatic carbocycles. The van der Waals surface area contributed by atoms with Crippen molar-refractivity contribution in [2.45, 2.75) is 39.0 Å². The molecule has 20 heavy (non-hydrogen) atoms. The second-order valence-electron chi connectivity index (χ2n) is 4.87. The van der Waals surface area contributed by atoms with Crippen LogP contribution in [0.4, 0.5) is 0 Å². The zero-order valence-corrected chi connectivity index (χ0v) is 11.9. The fourth-order valence-corrected chi connectivity index (χ4v) is 2.50. The summed E-state index contributed by atoms with van der Waals surface area (Å²) in [5, 5.41) is 13.9. The van der Waals surface area contributed by atoms with Crippen LogP contribution in [-0.2, 0) is 16.1 Å². The van der Waals surface area contributed by atoms with Crippen molar-refractivity contribution in [3.05, 3.63) is 17.5 Å². The number of ether oxygens (including phenoxy) is 1. The van der Waals surface area contributed by atoms with Crippen molar-refractivity contribution in [1.29, 1.82) is 0 Å². The number of carbonyl (C=O) groups excluding carboxylic acids is 2. The van der Waals surface area contributed by atoms with Crippen molar-refractivity contribution < 1.29 is 19.4 Å². The van der Waals surface area contributed by atoms with Crippen molar-refractivity contribution >= 4 is 11.9 Å². The number of β-amino-alcohol motifs (C(OH)–C–C–N with tert-alkyl or cyclic N) is 1. The van der Waals surface area contributed by atoms with Crippen molar-refractivity contribution in [3.8, 4) is 0 Å². The Morgan fingerprint density at radius 3 is 2.85 bits per heavy atom. The third-order valence-electron chi connectivity index (χ3n) is 3.43. The van der Waals surface area contributed by atoms with E-state index in [2.05, 4.69) is 5.10 Å². The molecule has 7 heteroatoms. The van der Waals surface area contributed by atoms with Crippen LogP contribution >= 0.6 is 0 Å². The standard InChI is InChI=1S/C13H19N3O4/c1-4-16-10(5-8(2)14-16)12(18)15-7-9(17)6-11(15)13(19)20-3/h5,9,11,17H,4,6-7H2,1-3H3. The van der Waals surface area contributed by atoms with Crippen molar-refractivity contribution in [3.63, 3.8) is 0 Å². The zero-order chi connectivity index (χ0) is 14.9. The molecule has 0 radical (unpaired) electrons. The molecular weight excluding hydrogens is 262 g/mol. The minimum Gasteiger partial charge on any atom is -0.467 e. The predicted molar refractivity (Wildman–Crippen MR) is 70.1 cm³/mol. The van der Waals surface area contributed by atoms with Crippen LogP contribution in [0.3, 0.4) is 0 Å². The van der Waals surface area contributed by atoms with Crippen LogP contribution in [-0.4, -0.2) is 57.5 Å². The van der Waals surface area contributed by atoms with Crippen LogP contribution in [0.15, 0.2) is 6.07 Å². The number of aliphatic hydroxyl groups is 1. The van der Waals surface area contributed by atoms with Crippen molar-refractivity contribution in [2.24, 2.45) is 0 Å². The smallest absolute Gasteiger partial charge is 0.328 e. The second kappa shape index (κ2) is 5.62. The maximum Gasteiger partial charge on any atom is 0.328 e. The average Bonchev–Trinajstić information content (AvgIpc) is 3.00. The highest BCUT2D eigenvalue weighted by atomic mass is 16.5. The Bertz CT molecular complexity index is 526. The third-order valence-corrected chi connectivity index (χ3v) is 3.43. The highest BCUT2D eigenvalue weighted by Crippen LogP contribution is 2.22. The summed E-state index contributed by atoms with van der Waals surface area (Å²) in [6.07, 6.45) is -0.500. The molecule has 1 N–H and O–H groups in total. The quantitative estimate of drug-likeness (QED) is 0.786. The topological polar surface area (TPSA) is 84.7 Å². The van der Waals surface area contributed by atoms with Gasteiger partial charge in [-0.3, -0.25) is 9.48 Å². The fourth-order valence-electron chi connectivity index (χ4n) is 2.50. The Hall–Kier alpha value is -1.89. The van der Waals surface area contributed by atoms with Gasteiger partial charge in [0.2, 0.25) is 0 Å². The summed E-state index contributed by atoms with van der Waals surface area (Å²) in [4.78, 5) is 25.6. The van der Waals surface area contributed by atoms with Gasteiger partial charge in [-0.25, -0.2) is 4.79 Å². The van der Waals surface area contributed by atoms with Gasteiger partial charge in [-0.15, -0.1) is 0 Å². The van der Waals surface area contributed by atoms with Gasteiger partial charge in [-0.2, -0.15) is 5.10 Å². The van der Waals surface area contributed by atoms with E-state index < -0.39 is 18.1 Å². The molecule has 110 valence electrons. The maximum atomic E-state index is 12.6. The number of methoxy groups -OCH3 is 1. The maximum absolute atomic E-state index is 12.6.